The number of halogens is 1. The van der Waals surface area contributed by atoms with Crippen molar-refractivity contribution in [2.24, 2.45) is 0 Å². The molecule has 0 saturated heterocycles. The summed E-state index contributed by atoms with van der Waals surface area (Å²) < 4.78 is 13.4. The molecule has 1 heterocycles. The monoisotopic (exact) mass is 292 g/mol. The summed E-state index contributed by atoms with van der Waals surface area (Å²) in [7, 11) is 0. The van der Waals surface area contributed by atoms with E-state index in [1.165, 1.54) is 12.1 Å². The summed E-state index contributed by atoms with van der Waals surface area (Å²) in [5.41, 5.74) is 1.61. The number of fused-ring (bicyclic) bond motifs is 1. The maximum Gasteiger partial charge on any atom is 0.190 e. The van der Waals surface area contributed by atoms with Crippen molar-refractivity contribution in [1.29, 1.82) is 0 Å². The van der Waals surface area contributed by atoms with Crippen molar-refractivity contribution in [2.45, 2.75) is 32.3 Å². The Kier molecular flexibility index (Phi) is 3.72. The highest BCUT2D eigenvalue weighted by Gasteiger charge is 2.24. The van der Waals surface area contributed by atoms with Crippen LogP contribution in [0.25, 0.3) is 0 Å². The van der Waals surface area contributed by atoms with Gasteiger partial charge in [-0.25, -0.2) is 9.37 Å². The maximum absolute atomic E-state index is 13.4. The number of aromatic nitrogens is 1. The van der Waals surface area contributed by atoms with Gasteiger partial charge in [-0.1, -0.05) is 6.07 Å². The van der Waals surface area contributed by atoms with Crippen molar-refractivity contribution in [1.82, 2.24) is 4.98 Å². The number of aliphatic hydroxyl groups excluding tert-OH is 1. The number of anilines is 2. The first-order chi connectivity index (χ1) is 9.69. The van der Waals surface area contributed by atoms with Crippen LogP contribution in [-0.4, -0.2) is 16.6 Å². The zero-order valence-electron chi connectivity index (χ0n) is 11.3. The van der Waals surface area contributed by atoms with Crippen LogP contribution in [0.4, 0.5) is 15.2 Å². The highest BCUT2D eigenvalue weighted by Crippen LogP contribution is 2.38. The first kappa shape index (κ1) is 13.5. The fraction of sp³-hybridized carbons (Fsp3) is 0.400. The lowest BCUT2D eigenvalue weighted by Gasteiger charge is -2.19. The smallest absolute Gasteiger partial charge is 0.190 e. The van der Waals surface area contributed by atoms with E-state index in [4.69, 9.17) is 0 Å². The van der Waals surface area contributed by atoms with Crippen molar-refractivity contribution in [2.75, 3.05) is 11.4 Å². The van der Waals surface area contributed by atoms with Crippen molar-refractivity contribution < 1.29 is 9.50 Å². The predicted octanol–water partition coefficient (Wildman–Crippen LogP) is 3.81. The van der Waals surface area contributed by atoms with E-state index in [1.54, 1.807) is 17.4 Å². The lowest BCUT2D eigenvalue weighted by Crippen LogP contribution is -2.16. The molecule has 0 fully saturated rings. The Hall–Kier alpha value is -1.46. The van der Waals surface area contributed by atoms with Crippen molar-refractivity contribution in [3.05, 3.63) is 40.7 Å². The third kappa shape index (κ3) is 2.43. The van der Waals surface area contributed by atoms with Gasteiger partial charge in [0.25, 0.3) is 0 Å². The van der Waals surface area contributed by atoms with Gasteiger partial charge in [-0.05, 0) is 44.4 Å². The van der Waals surface area contributed by atoms with Gasteiger partial charge in [-0.2, -0.15) is 0 Å². The normalized spacial score (nSPS) is 17.9. The molecule has 0 spiro atoms. The molecule has 1 aliphatic carbocycles. The standard InChI is InChI=1S/C15H17FN2OS/c1-2-18(11-6-3-5-10(16)9-11)15-17-14-12(19)7-4-8-13(14)20-15/h3,5-6,9,12,19H,2,4,7-8H2,1H3. The van der Waals surface area contributed by atoms with Crippen molar-refractivity contribution in [3.63, 3.8) is 0 Å². The van der Waals surface area contributed by atoms with E-state index in [9.17, 15) is 9.50 Å². The molecule has 106 valence electrons. The van der Waals surface area contributed by atoms with Crippen LogP contribution in [-0.2, 0) is 6.42 Å². The highest BCUT2D eigenvalue weighted by atomic mass is 32.1. The largest absolute Gasteiger partial charge is 0.387 e. The van der Waals surface area contributed by atoms with Crippen molar-refractivity contribution in [3.8, 4) is 0 Å². The van der Waals surface area contributed by atoms with E-state index in [-0.39, 0.29) is 5.82 Å². The molecule has 1 aromatic heterocycles. The molecule has 5 heteroatoms. The second-order valence-corrected chi connectivity index (χ2v) is 6.00. The van der Waals surface area contributed by atoms with Gasteiger partial charge in [-0.3, -0.25) is 0 Å². The number of hydrogen-bond donors (Lipinski definition) is 1. The Bertz CT molecular complexity index is 614. The minimum atomic E-state index is -0.449. The second-order valence-electron chi connectivity index (χ2n) is 4.94. The summed E-state index contributed by atoms with van der Waals surface area (Å²) in [4.78, 5) is 7.73. The summed E-state index contributed by atoms with van der Waals surface area (Å²) in [5, 5.41) is 10.8. The van der Waals surface area contributed by atoms with Crippen LogP contribution in [0.3, 0.4) is 0 Å². The Morgan fingerprint density at radius 2 is 2.35 bits per heavy atom. The molecule has 0 bridgehead atoms. The molecule has 1 atom stereocenters. The van der Waals surface area contributed by atoms with Gasteiger partial charge in [0.1, 0.15) is 5.82 Å². The molecule has 20 heavy (non-hydrogen) atoms. The number of aryl methyl sites for hydroxylation is 1. The molecule has 1 aliphatic rings. The average Bonchev–Trinajstić information content (AvgIpc) is 2.85. The highest BCUT2D eigenvalue weighted by molar-refractivity contribution is 7.15. The maximum atomic E-state index is 13.4. The molecule has 1 N–H and O–H groups in total. The quantitative estimate of drug-likeness (QED) is 0.934. The molecular formula is C15H17FN2OS. The number of benzene rings is 1. The van der Waals surface area contributed by atoms with Crippen LogP contribution < -0.4 is 4.90 Å². The molecule has 0 aliphatic heterocycles. The molecule has 1 unspecified atom stereocenters. The van der Waals surface area contributed by atoms with E-state index >= 15 is 0 Å². The second kappa shape index (κ2) is 5.50. The zero-order chi connectivity index (χ0) is 14.1. The molecule has 1 aromatic carbocycles. The van der Waals surface area contributed by atoms with Gasteiger partial charge in [0, 0.05) is 17.1 Å². The lowest BCUT2D eigenvalue weighted by molar-refractivity contribution is 0.153. The Morgan fingerprint density at radius 3 is 3.05 bits per heavy atom. The number of nitrogens with zero attached hydrogens (tertiary/aromatic N) is 2. The van der Waals surface area contributed by atoms with Gasteiger partial charge in [-0.15, -0.1) is 11.3 Å². The van der Waals surface area contributed by atoms with Crippen LogP contribution in [0.15, 0.2) is 24.3 Å². The number of thiazole rings is 1. The first-order valence-electron chi connectivity index (χ1n) is 6.90. The molecule has 0 amide bonds. The summed E-state index contributed by atoms with van der Waals surface area (Å²) >= 11 is 1.60. The van der Waals surface area contributed by atoms with Crippen LogP contribution >= 0.6 is 11.3 Å². The van der Waals surface area contributed by atoms with E-state index in [2.05, 4.69) is 4.98 Å². The van der Waals surface area contributed by atoms with Crippen molar-refractivity contribution >= 4 is 22.2 Å². The first-order valence-corrected chi connectivity index (χ1v) is 7.71. The fourth-order valence-corrected chi connectivity index (χ4v) is 3.81. The van der Waals surface area contributed by atoms with Gasteiger partial charge < -0.3 is 10.0 Å². The Balaban J connectivity index is 1.98. The third-order valence-corrected chi connectivity index (χ3v) is 4.73. The van der Waals surface area contributed by atoms with Crippen LogP contribution in [0.5, 0.6) is 0 Å². The van der Waals surface area contributed by atoms with Gasteiger partial charge >= 0.3 is 0 Å². The number of hydrogen-bond acceptors (Lipinski definition) is 4. The van der Waals surface area contributed by atoms with Crippen LogP contribution in [0, 0.1) is 5.82 Å². The minimum Gasteiger partial charge on any atom is -0.387 e. The molecule has 3 nitrogen and oxygen atoms in total. The van der Waals surface area contributed by atoms with E-state index < -0.39 is 6.10 Å². The van der Waals surface area contributed by atoms with Crippen LogP contribution in [0.1, 0.15) is 36.4 Å². The van der Waals surface area contributed by atoms with Gasteiger partial charge in [0.15, 0.2) is 5.13 Å². The van der Waals surface area contributed by atoms with Gasteiger partial charge in [0.05, 0.1) is 11.8 Å². The van der Waals surface area contributed by atoms with E-state index in [0.717, 1.165) is 40.7 Å². The number of rotatable bonds is 3. The predicted molar refractivity (Wildman–Crippen MR) is 79.1 cm³/mol. The fourth-order valence-electron chi connectivity index (χ4n) is 2.57. The minimum absolute atomic E-state index is 0.248. The zero-order valence-corrected chi connectivity index (χ0v) is 12.2. The molecule has 3 rings (SSSR count). The lowest BCUT2D eigenvalue weighted by atomic mass is 10.0. The molecule has 0 saturated carbocycles. The summed E-state index contributed by atoms with van der Waals surface area (Å²) in [6.45, 7) is 2.73. The molecule has 2 aromatic rings. The van der Waals surface area contributed by atoms with E-state index in [0.29, 0.717) is 6.54 Å². The SMILES string of the molecule is CCN(c1cccc(F)c1)c1nc2c(s1)CCCC2O. The Labute approximate surface area is 121 Å². The van der Waals surface area contributed by atoms with E-state index in [1.807, 2.05) is 17.9 Å². The number of aliphatic hydroxyl groups is 1. The molecule has 0 radical (unpaired) electrons. The molecular weight excluding hydrogens is 275 g/mol. The topological polar surface area (TPSA) is 36.4 Å². The third-order valence-electron chi connectivity index (χ3n) is 3.58. The summed E-state index contributed by atoms with van der Waals surface area (Å²) in [6, 6.07) is 6.54. The summed E-state index contributed by atoms with van der Waals surface area (Å²) in [5.74, 6) is -0.248. The van der Waals surface area contributed by atoms with Crippen LogP contribution in [0.2, 0.25) is 0 Å². The Morgan fingerprint density at radius 1 is 1.50 bits per heavy atom. The van der Waals surface area contributed by atoms with Gasteiger partial charge in [0.2, 0.25) is 0 Å². The summed E-state index contributed by atoms with van der Waals surface area (Å²) in [6.07, 6.45) is 2.31. The average molecular weight is 292 g/mol.